The van der Waals surface area contributed by atoms with Gasteiger partial charge >= 0.3 is 23.2 Å². The van der Waals surface area contributed by atoms with E-state index in [4.69, 9.17) is 24.5 Å². The van der Waals surface area contributed by atoms with E-state index in [-0.39, 0.29) is 5.82 Å². The lowest BCUT2D eigenvalue weighted by molar-refractivity contribution is -0.149. The number of phosphoric ester groups is 1. The van der Waals surface area contributed by atoms with Crippen molar-refractivity contribution in [3.8, 4) is 0 Å². The number of benzene rings is 2. The second kappa shape index (κ2) is 12.7. The summed E-state index contributed by atoms with van der Waals surface area (Å²) in [5, 5.41) is 0. The van der Waals surface area contributed by atoms with Crippen LogP contribution in [-0.4, -0.2) is 65.4 Å². The highest BCUT2D eigenvalue weighted by atomic mass is 31.3. The topological polar surface area (TPSA) is 237 Å². The SMILES string of the molecule is Nc1ncnc2c1ncn2C1OC(COP(=O)(O)OP(=O)(O)OP(=O)(O)Cc2ccccc2)C2OC(Cc3ccccc3)OC21. The minimum Gasteiger partial charge on any atom is -0.382 e. The number of anilines is 1. The van der Waals surface area contributed by atoms with Gasteiger partial charge in [0.15, 0.2) is 24.0 Å². The van der Waals surface area contributed by atoms with Crippen LogP contribution in [0.2, 0.25) is 0 Å². The van der Waals surface area contributed by atoms with Crippen LogP contribution in [0.3, 0.4) is 0 Å². The fourth-order valence-corrected chi connectivity index (χ4v) is 9.21. The molecule has 2 saturated heterocycles. The second-order valence-corrected chi connectivity index (χ2v) is 15.2. The lowest BCUT2D eigenvalue weighted by Gasteiger charge is -2.22. The fraction of sp³-hybridized carbons (Fsp3) is 0.320. The molecule has 4 aromatic rings. The lowest BCUT2D eigenvalue weighted by Crippen LogP contribution is -2.31. The monoisotopic (exact) mass is 683 g/mol. The Morgan fingerprint density at radius 2 is 1.49 bits per heavy atom. The van der Waals surface area contributed by atoms with Crippen LogP contribution >= 0.6 is 23.2 Å². The molecule has 0 spiro atoms. The molecule has 2 aromatic carbocycles. The zero-order chi connectivity index (χ0) is 31.8. The van der Waals surface area contributed by atoms with Gasteiger partial charge in [0.25, 0.3) is 0 Å². The molecule has 4 heterocycles. The Balaban J connectivity index is 1.16. The van der Waals surface area contributed by atoms with Crippen molar-refractivity contribution in [1.82, 2.24) is 19.5 Å². The Labute approximate surface area is 255 Å². The number of ether oxygens (including phenoxy) is 3. The number of nitrogens with two attached hydrogens (primary N) is 1. The van der Waals surface area contributed by atoms with E-state index < -0.39 is 66.8 Å². The van der Waals surface area contributed by atoms with E-state index in [1.807, 2.05) is 30.3 Å². The molecule has 2 aliphatic heterocycles. The van der Waals surface area contributed by atoms with Crippen molar-refractivity contribution in [3.05, 3.63) is 84.4 Å². The molecule has 5 N–H and O–H groups in total. The number of phosphoric acid groups is 2. The van der Waals surface area contributed by atoms with E-state index in [2.05, 4.69) is 23.6 Å². The van der Waals surface area contributed by atoms with Crippen LogP contribution in [0.25, 0.3) is 11.2 Å². The predicted octanol–water partition coefficient (Wildman–Crippen LogP) is 3.29. The van der Waals surface area contributed by atoms with Gasteiger partial charge < -0.3 is 34.6 Å². The smallest absolute Gasteiger partial charge is 0.382 e. The van der Waals surface area contributed by atoms with E-state index >= 15 is 0 Å². The first-order chi connectivity index (χ1) is 21.4. The number of imidazole rings is 1. The number of hydrogen-bond donors (Lipinski definition) is 4. The van der Waals surface area contributed by atoms with Crippen molar-refractivity contribution in [2.24, 2.45) is 0 Å². The number of hydrogen-bond acceptors (Lipinski definition) is 13. The molecule has 0 saturated carbocycles. The van der Waals surface area contributed by atoms with E-state index in [0.29, 0.717) is 23.1 Å². The Hall–Kier alpha value is -2.88. The maximum Gasteiger partial charge on any atom is 0.488 e. The minimum atomic E-state index is -5.57. The fourth-order valence-electron chi connectivity index (χ4n) is 5.06. The number of nitrogen functional groups attached to an aromatic ring is 1. The maximum absolute atomic E-state index is 12.7. The normalized spacial score (nSPS) is 27.0. The number of fused-ring (bicyclic) bond motifs is 2. The third kappa shape index (κ3) is 7.58. The van der Waals surface area contributed by atoms with Crippen molar-refractivity contribution in [2.75, 3.05) is 12.3 Å². The Kier molecular flexibility index (Phi) is 9.07. The van der Waals surface area contributed by atoms with Crippen molar-refractivity contribution < 1.29 is 55.7 Å². The Morgan fingerprint density at radius 3 is 2.20 bits per heavy atom. The summed E-state index contributed by atoms with van der Waals surface area (Å²) in [6, 6.07) is 17.2. The molecule has 2 fully saturated rings. The summed E-state index contributed by atoms with van der Waals surface area (Å²) < 4.78 is 71.2. The molecule has 8 atom stereocenters. The quantitative estimate of drug-likeness (QED) is 0.157. The zero-order valence-corrected chi connectivity index (χ0v) is 25.8. The van der Waals surface area contributed by atoms with Crippen LogP contribution in [0.5, 0.6) is 0 Å². The highest BCUT2D eigenvalue weighted by Gasteiger charge is 2.54. The van der Waals surface area contributed by atoms with Gasteiger partial charge in [-0.3, -0.25) is 13.7 Å². The molecule has 0 aliphatic carbocycles. The van der Waals surface area contributed by atoms with E-state index in [9.17, 15) is 28.4 Å². The molecule has 8 unspecified atom stereocenters. The number of nitrogens with zero attached hydrogens (tertiary/aromatic N) is 4. The molecule has 0 bridgehead atoms. The summed E-state index contributed by atoms with van der Waals surface area (Å²) in [6.45, 7) is -0.683. The van der Waals surface area contributed by atoms with Gasteiger partial charge in [-0.25, -0.2) is 28.4 Å². The van der Waals surface area contributed by atoms with Gasteiger partial charge in [-0.2, -0.15) is 4.31 Å². The summed E-state index contributed by atoms with van der Waals surface area (Å²) in [6.07, 6.45) is -1.91. The minimum absolute atomic E-state index is 0.143. The van der Waals surface area contributed by atoms with E-state index in [1.165, 1.54) is 24.8 Å². The molecular formula is C25H28N5O12P3. The molecule has 0 radical (unpaired) electrons. The van der Waals surface area contributed by atoms with Gasteiger partial charge in [0.2, 0.25) is 0 Å². The molecule has 6 rings (SSSR count). The number of aromatic nitrogens is 4. The van der Waals surface area contributed by atoms with Gasteiger partial charge in [-0.1, -0.05) is 60.7 Å². The molecule has 45 heavy (non-hydrogen) atoms. The van der Waals surface area contributed by atoms with Crippen LogP contribution in [-0.2, 0) is 53.6 Å². The van der Waals surface area contributed by atoms with Gasteiger partial charge in [0.05, 0.1) is 19.1 Å². The summed E-state index contributed by atoms with van der Waals surface area (Å²) in [7, 11) is -15.7. The van der Waals surface area contributed by atoms with E-state index in [1.54, 1.807) is 22.8 Å². The van der Waals surface area contributed by atoms with Crippen LogP contribution in [0.1, 0.15) is 17.4 Å². The molecule has 0 amide bonds. The molecule has 240 valence electrons. The zero-order valence-electron chi connectivity index (χ0n) is 23.2. The average Bonchev–Trinajstić information content (AvgIpc) is 3.66. The Morgan fingerprint density at radius 1 is 0.822 bits per heavy atom. The first-order valence-corrected chi connectivity index (χ1v) is 18.2. The largest absolute Gasteiger partial charge is 0.488 e. The van der Waals surface area contributed by atoms with Gasteiger partial charge in [0, 0.05) is 6.42 Å². The standard InChI is InChI=1S/C25H28N5O12P3/c26-23-20-24(28-14-27-23)30(15-29-20)25-22-21(39-19(40-22)11-16-7-3-1-4-8-16)18(38-25)12-37-44(33,34)42-45(35,36)41-43(31,32)13-17-9-5-2-6-10-17/h1-10,14-15,18-19,21-22,25H,11-13H2,(H,31,32)(H,33,34)(H,35,36)(H2,26,27,28). The van der Waals surface area contributed by atoms with Gasteiger partial charge in [-0.05, 0) is 11.1 Å². The van der Waals surface area contributed by atoms with Crippen LogP contribution < -0.4 is 5.73 Å². The van der Waals surface area contributed by atoms with Gasteiger partial charge in [-0.15, -0.1) is 0 Å². The molecular weight excluding hydrogens is 655 g/mol. The van der Waals surface area contributed by atoms with Gasteiger partial charge in [0.1, 0.15) is 30.2 Å². The van der Waals surface area contributed by atoms with Crippen LogP contribution in [0, 0.1) is 0 Å². The summed E-state index contributed by atoms with van der Waals surface area (Å²) >= 11 is 0. The van der Waals surface area contributed by atoms with Crippen molar-refractivity contribution in [1.29, 1.82) is 0 Å². The highest BCUT2D eigenvalue weighted by Crippen LogP contribution is 2.68. The van der Waals surface area contributed by atoms with Crippen molar-refractivity contribution in [3.63, 3.8) is 0 Å². The predicted molar refractivity (Wildman–Crippen MR) is 155 cm³/mol. The Bertz CT molecular complexity index is 1800. The van der Waals surface area contributed by atoms with Crippen LogP contribution in [0.4, 0.5) is 5.82 Å². The summed E-state index contributed by atoms with van der Waals surface area (Å²) in [4.78, 5) is 42.8. The maximum atomic E-state index is 12.7. The summed E-state index contributed by atoms with van der Waals surface area (Å²) in [5.41, 5.74) is 7.83. The first-order valence-electron chi connectivity index (χ1n) is 13.4. The van der Waals surface area contributed by atoms with Crippen LogP contribution in [0.15, 0.2) is 73.3 Å². The molecule has 17 nitrogen and oxygen atoms in total. The third-order valence-corrected chi connectivity index (χ3v) is 11.6. The second-order valence-electron chi connectivity index (χ2n) is 10.1. The van der Waals surface area contributed by atoms with E-state index in [0.717, 1.165) is 5.56 Å². The summed E-state index contributed by atoms with van der Waals surface area (Å²) in [5.74, 6) is 0.143. The highest BCUT2D eigenvalue weighted by molar-refractivity contribution is 7.68. The number of rotatable bonds is 12. The third-order valence-electron chi connectivity index (χ3n) is 6.87. The van der Waals surface area contributed by atoms with Crippen molar-refractivity contribution >= 4 is 40.2 Å². The first kappa shape index (κ1) is 32.1. The molecule has 20 heteroatoms. The average molecular weight is 683 g/mol. The van der Waals surface area contributed by atoms with Crippen molar-refractivity contribution in [2.45, 2.75) is 43.4 Å². The molecule has 2 aliphatic rings. The molecule has 2 aromatic heterocycles. The lowest BCUT2D eigenvalue weighted by atomic mass is 10.1.